The predicted octanol–water partition coefficient (Wildman–Crippen LogP) is 3.44. The van der Waals surface area contributed by atoms with Crippen LogP contribution < -0.4 is 10.6 Å². The van der Waals surface area contributed by atoms with E-state index in [-0.39, 0.29) is 42.1 Å². The quantitative estimate of drug-likeness (QED) is 0.643. The maximum absolute atomic E-state index is 12.6. The molecule has 0 saturated carbocycles. The standard InChI is InChI=1S/C22H35N3O3/c1-6-12-25(21(28)13-17(2)14-22(3,4)5)16-20(27)23-15-19(26)24-18-10-8-7-9-11-18/h7-11,17H,6,12-16H2,1-5H3,(H,23,27)(H,24,26). The van der Waals surface area contributed by atoms with Crippen LogP contribution in [-0.4, -0.2) is 42.3 Å². The average molecular weight is 390 g/mol. The van der Waals surface area contributed by atoms with E-state index in [1.54, 1.807) is 17.0 Å². The smallest absolute Gasteiger partial charge is 0.243 e. The first-order valence-electron chi connectivity index (χ1n) is 10.00. The van der Waals surface area contributed by atoms with Gasteiger partial charge in [0.15, 0.2) is 0 Å². The summed E-state index contributed by atoms with van der Waals surface area (Å²) in [5.74, 6) is -0.380. The Labute approximate surface area is 169 Å². The lowest BCUT2D eigenvalue weighted by Gasteiger charge is -2.26. The molecule has 0 fully saturated rings. The van der Waals surface area contributed by atoms with Crippen molar-refractivity contribution in [3.05, 3.63) is 30.3 Å². The summed E-state index contributed by atoms with van der Waals surface area (Å²) in [6, 6.07) is 9.06. The Morgan fingerprint density at radius 3 is 2.29 bits per heavy atom. The van der Waals surface area contributed by atoms with Crippen molar-refractivity contribution in [3.63, 3.8) is 0 Å². The Morgan fingerprint density at radius 2 is 1.71 bits per heavy atom. The van der Waals surface area contributed by atoms with Gasteiger partial charge in [-0.3, -0.25) is 14.4 Å². The van der Waals surface area contributed by atoms with Gasteiger partial charge in [-0.05, 0) is 36.3 Å². The van der Waals surface area contributed by atoms with Crippen molar-refractivity contribution in [2.24, 2.45) is 11.3 Å². The maximum atomic E-state index is 12.6. The van der Waals surface area contributed by atoms with Gasteiger partial charge in [-0.1, -0.05) is 52.8 Å². The van der Waals surface area contributed by atoms with Crippen LogP contribution in [0.1, 0.15) is 53.9 Å². The number of amides is 3. The van der Waals surface area contributed by atoms with E-state index in [9.17, 15) is 14.4 Å². The zero-order chi connectivity index (χ0) is 21.2. The number of hydrogen-bond donors (Lipinski definition) is 2. The fraction of sp³-hybridized carbons (Fsp3) is 0.591. The van der Waals surface area contributed by atoms with Crippen molar-refractivity contribution < 1.29 is 14.4 Å². The van der Waals surface area contributed by atoms with Gasteiger partial charge < -0.3 is 15.5 Å². The zero-order valence-electron chi connectivity index (χ0n) is 17.9. The molecule has 0 spiro atoms. The highest BCUT2D eigenvalue weighted by atomic mass is 16.2. The van der Waals surface area contributed by atoms with Gasteiger partial charge in [-0.25, -0.2) is 0 Å². The summed E-state index contributed by atoms with van der Waals surface area (Å²) in [5, 5.41) is 5.31. The number of benzene rings is 1. The van der Waals surface area contributed by atoms with Crippen LogP contribution in [0, 0.1) is 11.3 Å². The van der Waals surface area contributed by atoms with Crippen LogP contribution in [-0.2, 0) is 14.4 Å². The average Bonchev–Trinajstić information content (AvgIpc) is 2.58. The van der Waals surface area contributed by atoms with Gasteiger partial charge in [0.05, 0.1) is 13.1 Å². The third kappa shape index (κ3) is 10.1. The number of nitrogens with zero attached hydrogens (tertiary/aromatic N) is 1. The van der Waals surface area contributed by atoms with E-state index in [0.29, 0.717) is 18.7 Å². The van der Waals surface area contributed by atoms with Crippen LogP contribution in [0.5, 0.6) is 0 Å². The summed E-state index contributed by atoms with van der Waals surface area (Å²) in [4.78, 5) is 38.4. The van der Waals surface area contributed by atoms with Gasteiger partial charge in [0.1, 0.15) is 0 Å². The molecular formula is C22H35N3O3. The fourth-order valence-corrected chi connectivity index (χ4v) is 3.24. The Morgan fingerprint density at radius 1 is 1.07 bits per heavy atom. The van der Waals surface area contributed by atoms with E-state index in [4.69, 9.17) is 0 Å². The number of anilines is 1. The monoisotopic (exact) mass is 389 g/mol. The number of carbonyl (C=O) groups excluding carboxylic acids is 3. The molecule has 6 nitrogen and oxygen atoms in total. The molecule has 0 bridgehead atoms. The minimum atomic E-state index is -0.325. The molecule has 0 aliphatic heterocycles. The summed E-state index contributed by atoms with van der Waals surface area (Å²) in [5.41, 5.74) is 0.844. The Bertz CT molecular complexity index is 638. The van der Waals surface area contributed by atoms with Crippen LogP contribution >= 0.6 is 0 Å². The number of para-hydroxylation sites is 1. The summed E-state index contributed by atoms with van der Waals surface area (Å²) >= 11 is 0. The van der Waals surface area contributed by atoms with Crippen LogP contribution in [0.25, 0.3) is 0 Å². The third-order valence-electron chi connectivity index (χ3n) is 4.17. The normalized spacial score (nSPS) is 12.2. The molecule has 0 aliphatic carbocycles. The summed E-state index contributed by atoms with van der Waals surface area (Å²) in [6.07, 6.45) is 2.16. The maximum Gasteiger partial charge on any atom is 0.243 e. The van der Waals surface area contributed by atoms with Gasteiger partial charge in [0, 0.05) is 18.7 Å². The van der Waals surface area contributed by atoms with Crippen LogP contribution in [0.2, 0.25) is 0 Å². The number of hydrogen-bond acceptors (Lipinski definition) is 3. The minimum absolute atomic E-state index is 0.0116. The largest absolute Gasteiger partial charge is 0.345 e. The van der Waals surface area contributed by atoms with Crippen LogP contribution in [0.15, 0.2) is 30.3 Å². The molecule has 1 aromatic carbocycles. The van der Waals surface area contributed by atoms with Crippen LogP contribution in [0.3, 0.4) is 0 Å². The van der Waals surface area contributed by atoms with Gasteiger partial charge in [0.25, 0.3) is 0 Å². The van der Waals surface area contributed by atoms with E-state index < -0.39 is 0 Å². The Balaban J connectivity index is 2.47. The molecule has 0 aliphatic rings. The Hall–Kier alpha value is -2.37. The first-order chi connectivity index (χ1) is 13.1. The minimum Gasteiger partial charge on any atom is -0.345 e. The molecule has 0 saturated heterocycles. The molecule has 1 unspecified atom stereocenters. The SMILES string of the molecule is CCCN(CC(=O)NCC(=O)Nc1ccccc1)C(=O)CC(C)CC(C)(C)C. The van der Waals surface area contributed by atoms with Crippen molar-refractivity contribution in [1.82, 2.24) is 10.2 Å². The van der Waals surface area contributed by atoms with Crippen molar-refractivity contribution in [2.75, 3.05) is 25.0 Å². The topological polar surface area (TPSA) is 78.5 Å². The molecule has 1 atom stereocenters. The predicted molar refractivity (Wildman–Crippen MR) is 113 cm³/mol. The molecule has 0 aromatic heterocycles. The number of rotatable bonds is 10. The molecule has 156 valence electrons. The first kappa shape index (κ1) is 23.7. The molecule has 2 N–H and O–H groups in total. The Kier molecular flexibility index (Phi) is 9.69. The second kappa shape index (κ2) is 11.5. The zero-order valence-corrected chi connectivity index (χ0v) is 17.9. The first-order valence-corrected chi connectivity index (χ1v) is 10.00. The second-order valence-electron chi connectivity index (χ2n) is 8.58. The lowest BCUT2D eigenvalue weighted by Crippen LogP contribution is -2.43. The number of carbonyl (C=O) groups is 3. The molecule has 1 rings (SSSR count). The lowest BCUT2D eigenvalue weighted by molar-refractivity contribution is -0.137. The van der Waals surface area contributed by atoms with Gasteiger partial charge in [-0.15, -0.1) is 0 Å². The molecule has 0 heterocycles. The van der Waals surface area contributed by atoms with E-state index in [2.05, 4.69) is 38.3 Å². The molecule has 3 amide bonds. The van der Waals surface area contributed by atoms with Crippen molar-refractivity contribution >= 4 is 23.4 Å². The fourth-order valence-electron chi connectivity index (χ4n) is 3.24. The summed E-state index contributed by atoms with van der Waals surface area (Å²) in [6.45, 7) is 10.9. The van der Waals surface area contributed by atoms with Gasteiger partial charge >= 0.3 is 0 Å². The van der Waals surface area contributed by atoms with Gasteiger partial charge in [0.2, 0.25) is 17.7 Å². The molecular weight excluding hydrogens is 354 g/mol. The third-order valence-corrected chi connectivity index (χ3v) is 4.17. The van der Waals surface area contributed by atoms with Crippen LogP contribution in [0.4, 0.5) is 5.69 Å². The molecule has 1 aromatic rings. The lowest BCUT2D eigenvalue weighted by atomic mass is 9.84. The van der Waals surface area contributed by atoms with Gasteiger partial charge in [-0.2, -0.15) is 0 Å². The highest BCUT2D eigenvalue weighted by molar-refractivity contribution is 5.95. The van der Waals surface area contributed by atoms with Crippen molar-refractivity contribution in [3.8, 4) is 0 Å². The van der Waals surface area contributed by atoms with Crippen molar-refractivity contribution in [2.45, 2.75) is 53.9 Å². The van der Waals surface area contributed by atoms with E-state index in [0.717, 1.165) is 12.8 Å². The summed E-state index contributed by atoms with van der Waals surface area (Å²) < 4.78 is 0. The highest BCUT2D eigenvalue weighted by Crippen LogP contribution is 2.26. The van der Waals surface area contributed by atoms with E-state index in [1.807, 2.05) is 25.1 Å². The molecule has 0 radical (unpaired) electrons. The summed E-state index contributed by atoms with van der Waals surface area (Å²) in [7, 11) is 0. The molecule has 6 heteroatoms. The molecule has 28 heavy (non-hydrogen) atoms. The highest BCUT2D eigenvalue weighted by Gasteiger charge is 2.22. The second-order valence-corrected chi connectivity index (χ2v) is 8.58. The van der Waals surface area contributed by atoms with E-state index in [1.165, 1.54) is 0 Å². The van der Waals surface area contributed by atoms with Crippen molar-refractivity contribution in [1.29, 1.82) is 0 Å². The van der Waals surface area contributed by atoms with E-state index >= 15 is 0 Å². The number of nitrogens with one attached hydrogen (secondary N) is 2.